The fourth-order valence-electron chi connectivity index (χ4n) is 2.56. The van der Waals surface area contributed by atoms with Crippen molar-refractivity contribution in [3.63, 3.8) is 0 Å². The third-order valence-electron chi connectivity index (χ3n) is 3.97. The van der Waals surface area contributed by atoms with Gasteiger partial charge in [0.25, 0.3) is 0 Å². The van der Waals surface area contributed by atoms with Crippen LogP contribution in [0.4, 0.5) is 39.5 Å². The van der Waals surface area contributed by atoms with Gasteiger partial charge in [0.15, 0.2) is 0 Å². The zero-order valence-corrected chi connectivity index (χ0v) is 14.7. The number of benzene rings is 1. The zero-order valence-electron chi connectivity index (χ0n) is 14.7. The summed E-state index contributed by atoms with van der Waals surface area (Å²) in [7, 11) is 0.882. The molecule has 0 aromatic heterocycles. The highest BCUT2D eigenvalue weighted by atomic mass is 19.4. The van der Waals surface area contributed by atoms with Gasteiger partial charge < -0.3 is 4.74 Å². The van der Waals surface area contributed by atoms with Crippen molar-refractivity contribution in [3.8, 4) is 0 Å². The first-order chi connectivity index (χ1) is 12.1. The molecule has 27 heavy (non-hydrogen) atoms. The smallest absolute Gasteiger partial charge is 0.377 e. The van der Waals surface area contributed by atoms with E-state index in [1.54, 1.807) is 19.9 Å². The summed E-state index contributed by atoms with van der Waals surface area (Å²) in [6.45, 7) is 3.59. The van der Waals surface area contributed by atoms with Gasteiger partial charge in [0, 0.05) is 13.5 Å². The minimum atomic E-state index is -6.90. The first-order valence-electron chi connectivity index (χ1n) is 7.89. The van der Waals surface area contributed by atoms with Gasteiger partial charge in [-0.05, 0) is 23.5 Å². The van der Waals surface area contributed by atoms with Gasteiger partial charge in [-0.2, -0.15) is 39.5 Å². The Kier molecular flexibility index (Phi) is 6.89. The van der Waals surface area contributed by atoms with Crippen LogP contribution >= 0.6 is 0 Å². The number of ether oxygens (including phenoxy) is 1. The zero-order chi connectivity index (χ0) is 21.3. The summed E-state index contributed by atoms with van der Waals surface area (Å²) in [5.74, 6) is -19.2. The molecule has 0 N–H and O–H groups in total. The lowest BCUT2D eigenvalue weighted by Crippen LogP contribution is -2.61. The maximum Gasteiger partial charge on any atom is 0.460 e. The topological polar surface area (TPSA) is 9.23 Å². The van der Waals surface area contributed by atoms with E-state index in [9.17, 15) is 39.5 Å². The molecule has 0 saturated carbocycles. The Morgan fingerprint density at radius 1 is 0.852 bits per heavy atom. The number of halogens is 9. The average molecular weight is 410 g/mol. The van der Waals surface area contributed by atoms with Crippen molar-refractivity contribution in [2.24, 2.45) is 5.92 Å². The fraction of sp³-hybridized carbons (Fsp3) is 0.647. The molecule has 0 amide bonds. The summed E-state index contributed by atoms with van der Waals surface area (Å²) >= 11 is 0. The molecule has 1 aromatic carbocycles. The minimum absolute atomic E-state index is 0.0273. The van der Waals surface area contributed by atoms with Crippen molar-refractivity contribution < 1.29 is 44.3 Å². The van der Waals surface area contributed by atoms with Gasteiger partial charge in [-0.25, -0.2) is 0 Å². The van der Waals surface area contributed by atoms with Crippen LogP contribution in [0.1, 0.15) is 37.5 Å². The van der Waals surface area contributed by atoms with E-state index in [0.717, 1.165) is 7.11 Å². The predicted octanol–water partition coefficient (Wildman–Crippen LogP) is 6.43. The van der Waals surface area contributed by atoms with Crippen LogP contribution in [0.25, 0.3) is 0 Å². The van der Waals surface area contributed by atoms with Crippen LogP contribution in [0.15, 0.2) is 24.3 Å². The van der Waals surface area contributed by atoms with Crippen LogP contribution in [0, 0.1) is 5.92 Å². The second kappa shape index (κ2) is 7.89. The highest BCUT2D eigenvalue weighted by molar-refractivity contribution is 5.30. The van der Waals surface area contributed by atoms with E-state index in [4.69, 9.17) is 4.74 Å². The monoisotopic (exact) mass is 410 g/mol. The van der Waals surface area contributed by atoms with Gasteiger partial charge in [-0.3, -0.25) is 0 Å². The standard InChI is InChI=1S/C17H19F9O/c1-10(2)8-11-6-4-5-7-12(11)13(27-3)9-14(18,19)15(20,21)16(22,23)17(24,25)26/h4-7,10,13H,8-9H2,1-3H3. The van der Waals surface area contributed by atoms with E-state index in [0.29, 0.717) is 12.0 Å². The predicted molar refractivity (Wildman–Crippen MR) is 80.2 cm³/mol. The molecule has 0 aliphatic carbocycles. The molecule has 0 aliphatic heterocycles. The lowest BCUT2D eigenvalue weighted by Gasteiger charge is -2.35. The maximum atomic E-state index is 13.9. The first kappa shape index (κ1) is 23.6. The van der Waals surface area contributed by atoms with Gasteiger partial charge in [-0.15, -0.1) is 0 Å². The molecule has 0 saturated heterocycles. The lowest BCUT2D eigenvalue weighted by molar-refractivity contribution is -0.398. The average Bonchev–Trinajstić information content (AvgIpc) is 2.51. The second-order valence-corrected chi connectivity index (χ2v) is 6.58. The first-order valence-corrected chi connectivity index (χ1v) is 7.89. The normalized spacial score (nSPS) is 15.3. The third-order valence-corrected chi connectivity index (χ3v) is 3.97. The van der Waals surface area contributed by atoms with Gasteiger partial charge in [-0.1, -0.05) is 38.1 Å². The van der Waals surface area contributed by atoms with Gasteiger partial charge in [0.2, 0.25) is 0 Å². The number of hydrogen-bond donors (Lipinski definition) is 0. The Hall–Kier alpha value is -1.45. The van der Waals surface area contributed by atoms with Crippen LogP contribution in [0.3, 0.4) is 0 Å². The number of alkyl halides is 9. The molecule has 10 heteroatoms. The summed E-state index contributed by atoms with van der Waals surface area (Å²) in [6.07, 6.45) is -10.3. The van der Waals surface area contributed by atoms with E-state index in [1.165, 1.54) is 18.2 Å². The molecule has 0 aliphatic rings. The molecule has 156 valence electrons. The number of rotatable bonds is 8. The van der Waals surface area contributed by atoms with Crippen LogP contribution in [0.5, 0.6) is 0 Å². The molecule has 0 spiro atoms. The highest BCUT2D eigenvalue weighted by Crippen LogP contribution is 2.55. The minimum Gasteiger partial charge on any atom is -0.377 e. The molecular formula is C17H19F9O. The largest absolute Gasteiger partial charge is 0.460 e. The molecule has 0 radical (unpaired) electrons. The Balaban J connectivity index is 3.27. The summed E-state index contributed by atoms with van der Waals surface area (Å²) in [5.41, 5.74) is 0.473. The van der Waals surface area contributed by atoms with E-state index in [-0.39, 0.29) is 11.5 Å². The second-order valence-electron chi connectivity index (χ2n) is 6.58. The number of hydrogen-bond acceptors (Lipinski definition) is 1. The van der Waals surface area contributed by atoms with Crippen molar-refractivity contribution in [2.45, 2.75) is 56.7 Å². The van der Waals surface area contributed by atoms with Crippen LogP contribution in [-0.2, 0) is 11.2 Å². The van der Waals surface area contributed by atoms with Crippen LogP contribution in [-0.4, -0.2) is 31.1 Å². The van der Waals surface area contributed by atoms with Gasteiger partial charge in [0.1, 0.15) is 0 Å². The maximum absolute atomic E-state index is 13.9. The SMILES string of the molecule is COC(CC(F)(F)C(F)(F)C(F)(F)C(F)(F)F)c1ccccc1CC(C)C. The molecule has 1 atom stereocenters. The van der Waals surface area contributed by atoms with Crippen molar-refractivity contribution in [1.82, 2.24) is 0 Å². The highest BCUT2D eigenvalue weighted by Gasteiger charge is 2.81. The number of methoxy groups -OCH3 is 1. The van der Waals surface area contributed by atoms with E-state index >= 15 is 0 Å². The lowest BCUT2D eigenvalue weighted by atomic mass is 9.90. The van der Waals surface area contributed by atoms with Crippen LogP contribution < -0.4 is 0 Å². The summed E-state index contributed by atoms with van der Waals surface area (Å²) in [4.78, 5) is 0. The van der Waals surface area contributed by atoms with Gasteiger partial charge >= 0.3 is 23.9 Å². The summed E-state index contributed by atoms with van der Waals surface area (Å²) < 4.78 is 122. The van der Waals surface area contributed by atoms with E-state index in [1.807, 2.05) is 0 Å². The Morgan fingerprint density at radius 3 is 1.81 bits per heavy atom. The summed E-state index contributed by atoms with van der Waals surface area (Å²) in [6, 6.07) is 5.74. The molecule has 1 unspecified atom stereocenters. The Morgan fingerprint density at radius 2 is 1.37 bits per heavy atom. The Labute approximate surface area is 150 Å². The van der Waals surface area contributed by atoms with Gasteiger partial charge in [0.05, 0.1) is 6.10 Å². The van der Waals surface area contributed by atoms with Crippen molar-refractivity contribution >= 4 is 0 Å². The molecule has 1 rings (SSSR count). The van der Waals surface area contributed by atoms with Crippen molar-refractivity contribution in [1.29, 1.82) is 0 Å². The van der Waals surface area contributed by atoms with Crippen molar-refractivity contribution in [2.75, 3.05) is 7.11 Å². The molecule has 0 bridgehead atoms. The fourth-order valence-corrected chi connectivity index (χ4v) is 2.56. The summed E-state index contributed by atoms with van der Waals surface area (Å²) in [5, 5.41) is 0. The molecule has 1 aromatic rings. The molecule has 1 nitrogen and oxygen atoms in total. The third kappa shape index (κ3) is 4.70. The molecule has 0 heterocycles. The molecular weight excluding hydrogens is 391 g/mol. The van der Waals surface area contributed by atoms with Crippen molar-refractivity contribution in [3.05, 3.63) is 35.4 Å². The van der Waals surface area contributed by atoms with E-state index < -0.39 is 36.5 Å². The quantitative estimate of drug-likeness (QED) is 0.449. The molecule has 0 fully saturated rings. The Bertz CT molecular complexity index is 623. The van der Waals surface area contributed by atoms with E-state index in [2.05, 4.69) is 0 Å². The van der Waals surface area contributed by atoms with Crippen LogP contribution in [0.2, 0.25) is 0 Å².